The van der Waals surface area contributed by atoms with Gasteiger partial charge in [0.15, 0.2) is 0 Å². The molecule has 4 heteroatoms. The maximum absolute atomic E-state index is 12.6. The van der Waals surface area contributed by atoms with Crippen molar-refractivity contribution in [3.8, 4) is 5.88 Å². The van der Waals surface area contributed by atoms with Gasteiger partial charge in [0.1, 0.15) is 11.9 Å². The van der Waals surface area contributed by atoms with E-state index in [0.717, 1.165) is 12.7 Å². The van der Waals surface area contributed by atoms with E-state index < -0.39 is 5.95 Å². The third-order valence-electron chi connectivity index (χ3n) is 1.84. The maximum Gasteiger partial charge on any atom is 0.219 e. The standard InChI is InChI=1S/C9H13FN2O/c1-4-9(2,3)13-8-5-7(10)11-6-12-8/h5-6H,4H2,1-3H3. The van der Waals surface area contributed by atoms with Gasteiger partial charge in [0.25, 0.3) is 0 Å². The summed E-state index contributed by atoms with van der Waals surface area (Å²) in [7, 11) is 0. The average molecular weight is 184 g/mol. The lowest BCUT2D eigenvalue weighted by Crippen LogP contribution is -2.27. The molecule has 1 rings (SSSR count). The van der Waals surface area contributed by atoms with Gasteiger partial charge in [-0.2, -0.15) is 4.39 Å². The van der Waals surface area contributed by atoms with Gasteiger partial charge >= 0.3 is 0 Å². The minimum atomic E-state index is -0.572. The fraction of sp³-hybridized carbons (Fsp3) is 0.556. The first kappa shape index (κ1) is 9.89. The van der Waals surface area contributed by atoms with Crippen LogP contribution in [-0.4, -0.2) is 15.6 Å². The van der Waals surface area contributed by atoms with Crippen molar-refractivity contribution in [2.75, 3.05) is 0 Å². The Morgan fingerprint density at radius 2 is 2.15 bits per heavy atom. The van der Waals surface area contributed by atoms with E-state index in [4.69, 9.17) is 4.74 Å². The molecule has 0 saturated carbocycles. The second-order valence-corrected chi connectivity index (χ2v) is 3.39. The molecule has 0 bridgehead atoms. The van der Waals surface area contributed by atoms with Crippen molar-refractivity contribution in [3.05, 3.63) is 18.3 Å². The van der Waals surface area contributed by atoms with Gasteiger partial charge in [0.2, 0.25) is 11.8 Å². The minimum absolute atomic E-state index is 0.277. The Balaban J connectivity index is 2.74. The molecule has 1 aromatic heterocycles. The number of halogens is 1. The molecule has 0 aliphatic heterocycles. The lowest BCUT2D eigenvalue weighted by atomic mass is 10.1. The van der Waals surface area contributed by atoms with Gasteiger partial charge in [0.05, 0.1) is 6.07 Å². The second-order valence-electron chi connectivity index (χ2n) is 3.39. The van der Waals surface area contributed by atoms with Crippen LogP contribution in [0.3, 0.4) is 0 Å². The molecule has 0 radical (unpaired) electrons. The highest BCUT2D eigenvalue weighted by Gasteiger charge is 2.17. The molecule has 3 nitrogen and oxygen atoms in total. The first-order valence-electron chi connectivity index (χ1n) is 4.20. The lowest BCUT2D eigenvalue weighted by molar-refractivity contribution is 0.0981. The van der Waals surface area contributed by atoms with Crippen LogP contribution in [0.4, 0.5) is 4.39 Å². The first-order chi connectivity index (χ1) is 6.03. The Kier molecular flexibility index (Phi) is 2.80. The van der Waals surface area contributed by atoms with Gasteiger partial charge in [-0.3, -0.25) is 0 Å². The van der Waals surface area contributed by atoms with E-state index in [1.54, 1.807) is 0 Å². The molecule has 0 unspecified atom stereocenters. The monoisotopic (exact) mass is 184 g/mol. The Bertz CT molecular complexity index is 289. The summed E-state index contributed by atoms with van der Waals surface area (Å²) in [5.74, 6) is -0.295. The zero-order valence-corrected chi connectivity index (χ0v) is 8.04. The third-order valence-corrected chi connectivity index (χ3v) is 1.84. The summed E-state index contributed by atoms with van der Waals surface area (Å²) >= 11 is 0. The summed E-state index contributed by atoms with van der Waals surface area (Å²) in [5.41, 5.74) is -0.319. The SMILES string of the molecule is CCC(C)(C)Oc1cc(F)ncn1. The molecule has 0 amide bonds. The van der Waals surface area contributed by atoms with E-state index in [1.807, 2.05) is 20.8 Å². The second kappa shape index (κ2) is 3.68. The molecule has 0 atom stereocenters. The van der Waals surface area contributed by atoms with Gasteiger partial charge in [-0.25, -0.2) is 9.97 Å². The van der Waals surface area contributed by atoms with Gasteiger partial charge in [-0.1, -0.05) is 6.92 Å². The summed E-state index contributed by atoms with van der Waals surface area (Å²) in [6, 6.07) is 1.18. The Morgan fingerprint density at radius 1 is 1.46 bits per heavy atom. The van der Waals surface area contributed by atoms with Crippen LogP contribution in [0.15, 0.2) is 12.4 Å². The summed E-state index contributed by atoms with van der Waals surface area (Å²) in [5, 5.41) is 0. The van der Waals surface area contributed by atoms with Crippen molar-refractivity contribution in [2.45, 2.75) is 32.8 Å². The van der Waals surface area contributed by atoms with E-state index in [2.05, 4.69) is 9.97 Å². The molecule has 0 aliphatic rings. The highest BCUT2D eigenvalue weighted by molar-refractivity contribution is 5.07. The quantitative estimate of drug-likeness (QED) is 0.675. The number of hydrogen-bond acceptors (Lipinski definition) is 3. The summed E-state index contributed by atoms with van der Waals surface area (Å²) in [6.45, 7) is 5.84. The first-order valence-corrected chi connectivity index (χ1v) is 4.20. The van der Waals surface area contributed by atoms with Crippen LogP contribution < -0.4 is 4.74 Å². The predicted molar refractivity (Wildman–Crippen MR) is 47.0 cm³/mol. The zero-order valence-electron chi connectivity index (χ0n) is 8.04. The molecule has 1 heterocycles. The van der Waals surface area contributed by atoms with Gasteiger partial charge in [-0.05, 0) is 20.3 Å². The third kappa shape index (κ3) is 2.97. The molecule has 0 aliphatic carbocycles. The zero-order chi connectivity index (χ0) is 9.90. The highest BCUT2D eigenvalue weighted by Crippen LogP contribution is 2.17. The van der Waals surface area contributed by atoms with Crippen molar-refractivity contribution in [1.82, 2.24) is 9.97 Å². The molecule has 13 heavy (non-hydrogen) atoms. The van der Waals surface area contributed by atoms with Crippen molar-refractivity contribution in [2.24, 2.45) is 0 Å². The number of rotatable bonds is 3. The molecule has 0 spiro atoms. The molecule has 1 aromatic rings. The smallest absolute Gasteiger partial charge is 0.219 e. The summed E-state index contributed by atoms with van der Waals surface area (Å²) in [6.07, 6.45) is 1.98. The van der Waals surface area contributed by atoms with Crippen LogP contribution in [0.25, 0.3) is 0 Å². The van der Waals surface area contributed by atoms with E-state index in [9.17, 15) is 4.39 Å². The van der Waals surface area contributed by atoms with E-state index in [1.165, 1.54) is 6.07 Å². The van der Waals surface area contributed by atoms with Crippen LogP contribution in [0.1, 0.15) is 27.2 Å². The molecule has 0 aromatic carbocycles. The molecule has 72 valence electrons. The van der Waals surface area contributed by atoms with Crippen molar-refractivity contribution >= 4 is 0 Å². The van der Waals surface area contributed by atoms with Gasteiger partial charge in [0, 0.05) is 0 Å². The van der Waals surface area contributed by atoms with Gasteiger partial charge in [-0.15, -0.1) is 0 Å². The summed E-state index contributed by atoms with van der Waals surface area (Å²) in [4.78, 5) is 7.14. The van der Waals surface area contributed by atoms with Crippen LogP contribution in [-0.2, 0) is 0 Å². The van der Waals surface area contributed by atoms with E-state index in [-0.39, 0.29) is 11.5 Å². The fourth-order valence-corrected chi connectivity index (χ4v) is 0.728. The Hall–Kier alpha value is -1.19. The van der Waals surface area contributed by atoms with Crippen LogP contribution in [0, 0.1) is 5.95 Å². The van der Waals surface area contributed by atoms with Crippen molar-refractivity contribution in [1.29, 1.82) is 0 Å². The van der Waals surface area contributed by atoms with E-state index >= 15 is 0 Å². The topological polar surface area (TPSA) is 35.0 Å². The molecular formula is C9H13FN2O. The molecule has 0 N–H and O–H groups in total. The molecule has 0 saturated heterocycles. The van der Waals surface area contributed by atoms with Crippen LogP contribution in [0.2, 0.25) is 0 Å². The maximum atomic E-state index is 12.6. The van der Waals surface area contributed by atoms with Gasteiger partial charge < -0.3 is 4.74 Å². The lowest BCUT2D eigenvalue weighted by Gasteiger charge is -2.23. The average Bonchev–Trinajstić information content (AvgIpc) is 2.03. The number of aromatic nitrogens is 2. The highest BCUT2D eigenvalue weighted by atomic mass is 19.1. The van der Waals surface area contributed by atoms with Crippen LogP contribution in [0.5, 0.6) is 5.88 Å². The number of ether oxygens (including phenoxy) is 1. The fourth-order valence-electron chi connectivity index (χ4n) is 0.728. The minimum Gasteiger partial charge on any atom is -0.472 e. The number of nitrogens with zero attached hydrogens (tertiary/aromatic N) is 2. The Labute approximate surface area is 77.0 Å². The van der Waals surface area contributed by atoms with Crippen LogP contribution >= 0.6 is 0 Å². The predicted octanol–water partition coefficient (Wildman–Crippen LogP) is 2.18. The van der Waals surface area contributed by atoms with E-state index in [0.29, 0.717) is 0 Å². The summed E-state index contributed by atoms with van der Waals surface area (Å²) < 4.78 is 18.1. The normalized spacial score (nSPS) is 11.4. The Morgan fingerprint density at radius 3 is 2.69 bits per heavy atom. The van der Waals surface area contributed by atoms with Crippen molar-refractivity contribution < 1.29 is 9.13 Å². The van der Waals surface area contributed by atoms with Crippen molar-refractivity contribution in [3.63, 3.8) is 0 Å². The molecule has 0 fully saturated rings. The number of hydrogen-bond donors (Lipinski definition) is 0. The largest absolute Gasteiger partial charge is 0.472 e. The molecular weight excluding hydrogens is 171 g/mol.